The lowest BCUT2D eigenvalue weighted by atomic mass is 10.1. The lowest BCUT2D eigenvalue weighted by molar-refractivity contribution is 0.0684. The lowest BCUT2D eigenvalue weighted by Crippen LogP contribution is -2.29. The highest BCUT2D eigenvalue weighted by Crippen LogP contribution is 2.25. The third kappa shape index (κ3) is 2.33. The van der Waals surface area contributed by atoms with E-state index in [2.05, 4.69) is 0 Å². The first-order valence-corrected chi connectivity index (χ1v) is 7.37. The van der Waals surface area contributed by atoms with Crippen molar-refractivity contribution in [1.29, 1.82) is 0 Å². The molecule has 8 heteroatoms. The van der Waals surface area contributed by atoms with Crippen LogP contribution >= 0.6 is 10.8 Å². The molecule has 2 rings (SSSR count). The minimum atomic E-state index is -4.53. The summed E-state index contributed by atoms with van der Waals surface area (Å²) in [5.41, 5.74) is 0.447. The van der Waals surface area contributed by atoms with Gasteiger partial charge in [0.1, 0.15) is 0 Å². The molecule has 6 nitrogen and oxygen atoms in total. The van der Waals surface area contributed by atoms with Crippen LogP contribution in [0.3, 0.4) is 0 Å². The van der Waals surface area contributed by atoms with Crippen molar-refractivity contribution in [3.8, 4) is 0 Å². The fourth-order valence-electron chi connectivity index (χ4n) is 1.47. The summed E-state index contributed by atoms with van der Waals surface area (Å²) < 4.78 is 31.3. The SMILES string of the molecule is O=C1c2ccccc2C(=O)N1CSS(=O)(=O)[O-]. The van der Waals surface area contributed by atoms with Gasteiger partial charge in [0.2, 0.25) is 0 Å². The van der Waals surface area contributed by atoms with Crippen molar-refractivity contribution in [2.45, 2.75) is 0 Å². The Bertz CT molecular complexity index is 560. The predicted molar refractivity (Wildman–Crippen MR) is 59.1 cm³/mol. The Morgan fingerprint density at radius 3 is 2.00 bits per heavy atom. The first-order chi connectivity index (χ1) is 7.90. The molecule has 0 bridgehead atoms. The molecule has 1 aliphatic rings. The van der Waals surface area contributed by atoms with Gasteiger partial charge in [0.05, 0.1) is 17.0 Å². The topological polar surface area (TPSA) is 94.6 Å². The Balaban J connectivity index is 2.25. The van der Waals surface area contributed by atoms with Crippen molar-refractivity contribution in [3.05, 3.63) is 35.4 Å². The van der Waals surface area contributed by atoms with Gasteiger partial charge in [0.25, 0.3) is 11.8 Å². The highest BCUT2D eigenvalue weighted by molar-refractivity contribution is 8.69. The van der Waals surface area contributed by atoms with Gasteiger partial charge in [-0.3, -0.25) is 14.5 Å². The van der Waals surface area contributed by atoms with Gasteiger partial charge in [0.15, 0.2) is 9.15 Å². The maximum atomic E-state index is 11.7. The van der Waals surface area contributed by atoms with Crippen molar-refractivity contribution >= 4 is 31.8 Å². The highest BCUT2D eigenvalue weighted by Gasteiger charge is 2.35. The Morgan fingerprint density at radius 2 is 1.59 bits per heavy atom. The molecule has 0 fully saturated rings. The van der Waals surface area contributed by atoms with Gasteiger partial charge >= 0.3 is 0 Å². The summed E-state index contributed by atoms with van der Waals surface area (Å²) in [6.45, 7) is 0. The molecule has 0 atom stereocenters. The number of benzene rings is 1. The van der Waals surface area contributed by atoms with Crippen LogP contribution in [-0.2, 0) is 9.15 Å². The number of imide groups is 1. The van der Waals surface area contributed by atoms with Crippen molar-refractivity contribution in [2.75, 3.05) is 5.88 Å². The molecule has 1 heterocycles. The summed E-state index contributed by atoms with van der Waals surface area (Å²) >= 11 is 0. The first kappa shape index (κ1) is 12.1. The Hall–Kier alpha value is -1.38. The van der Waals surface area contributed by atoms with Gasteiger partial charge < -0.3 is 4.55 Å². The summed E-state index contributed by atoms with van der Waals surface area (Å²) in [7, 11) is -4.52. The highest BCUT2D eigenvalue weighted by atomic mass is 33.1. The molecule has 0 aromatic heterocycles. The number of carbonyl (C=O) groups excluding carboxylic acids is 2. The van der Waals surface area contributed by atoms with Gasteiger partial charge in [-0.05, 0) is 22.9 Å². The lowest BCUT2D eigenvalue weighted by Gasteiger charge is -2.14. The van der Waals surface area contributed by atoms with Crippen LogP contribution in [0.15, 0.2) is 24.3 Å². The number of nitrogens with zero attached hydrogens (tertiary/aromatic N) is 1. The minimum Gasteiger partial charge on any atom is -0.739 e. The molecule has 1 aliphatic heterocycles. The Kier molecular flexibility index (Phi) is 2.94. The van der Waals surface area contributed by atoms with Gasteiger partial charge in [-0.2, -0.15) is 0 Å². The zero-order chi connectivity index (χ0) is 12.6. The van der Waals surface area contributed by atoms with Crippen LogP contribution < -0.4 is 0 Å². The van der Waals surface area contributed by atoms with Crippen LogP contribution in [-0.4, -0.2) is 35.6 Å². The van der Waals surface area contributed by atoms with Crippen LogP contribution in [0.1, 0.15) is 20.7 Å². The van der Waals surface area contributed by atoms with Crippen LogP contribution in [0.25, 0.3) is 0 Å². The molecule has 1 aromatic rings. The monoisotopic (exact) mass is 272 g/mol. The number of rotatable bonds is 3. The van der Waals surface area contributed by atoms with Crippen LogP contribution in [0.5, 0.6) is 0 Å². The molecule has 0 radical (unpaired) electrons. The summed E-state index contributed by atoms with van der Waals surface area (Å²) in [6, 6.07) is 6.16. The molecule has 0 spiro atoms. The van der Waals surface area contributed by atoms with Crippen molar-refractivity contribution in [3.63, 3.8) is 0 Å². The Labute approximate surface area is 101 Å². The second-order valence-electron chi connectivity index (χ2n) is 3.24. The summed E-state index contributed by atoms with van der Waals surface area (Å²) in [4.78, 5) is 24.2. The van der Waals surface area contributed by atoms with E-state index in [4.69, 9.17) is 0 Å². The van der Waals surface area contributed by atoms with Crippen molar-refractivity contribution < 1.29 is 22.6 Å². The molecule has 0 aliphatic carbocycles. The third-order valence-electron chi connectivity index (χ3n) is 2.20. The first-order valence-electron chi connectivity index (χ1n) is 4.45. The van der Waals surface area contributed by atoms with Gasteiger partial charge in [-0.15, -0.1) is 0 Å². The number of carbonyl (C=O) groups is 2. The molecule has 0 N–H and O–H groups in total. The second kappa shape index (κ2) is 4.13. The summed E-state index contributed by atoms with van der Waals surface area (Å²) in [6.07, 6.45) is 0. The summed E-state index contributed by atoms with van der Waals surface area (Å²) in [5.74, 6) is -1.65. The van der Waals surface area contributed by atoms with E-state index < -0.39 is 26.8 Å². The molecule has 0 unspecified atom stereocenters. The normalized spacial score (nSPS) is 15.2. The van der Waals surface area contributed by atoms with E-state index in [-0.39, 0.29) is 21.9 Å². The van der Waals surface area contributed by atoms with Gasteiger partial charge in [-0.1, -0.05) is 12.1 Å². The van der Waals surface area contributed by atoms with Crippen LogP contribution in [0, 0.1) is 0 Å². The zero-order valence-corrected chi connectivity index (χ0v) is 9.95. The van der Waals surface area contributed by atoms with E-state index in [9.17, 15) is 22.6 Å². The van der Waals surface area contributed by atoms with E-state index in [1.807, 2.05) is 0 Å². The van der Waals surface area contributed by atoms with E-state index >= 15 is 0 Å². The standard InChI is InChI=1S/C9H7NO5S2/c11-8-6-3-1-2-4-7(6)9(12)10(8)5-16-17(13,14)15/h1-4H,5H2,(H,13,14,15)/p-1. The maximum Gasteiger partial charge on any atom is 0.262 e. The van der Waals surface area contributed by atoms with E-state index in [1.54, 1.807) is 12.1 Å². The smallest absolute Gasteiger partial charge is 0.262 e. The largest absolute Gasteiger partial charge is 0.739 e. The molecule has 17 heavy (non-hydrogen) atoms. The quantitative estimate of drug-likeness (QED) is 0.450. The molecule has 1 aromatic carbocycles. The molecule has 2 amide bonds. The number of amides is 2. The fraction of sp³-hybridized carbons (Fsp3) is 0.111. The number of hydrogen-bond donors (Lipinski definition) is 0. The third-order valence-corrected chi connectivity index (χ3v) is 4.04. The number of fused-ring (bicyclic) bond motifs is 1. The van der Waals surface area contributed by atoms with Crippen molar-refractivity contribution in [1.82, 2.24) is 4.90 Å². The van der Waals surface area contributed by atoms with Gasteiger partial charge in [0, 0.05) is 0 Å². The average Bonchev–Trinajstić information content (AvgIpc) is 2.49. The number of hydrogen-bond acceptors (Lipinski definition) is 6. The molecular formula is C9H6NO5S2-. The zero-order valence-electron chi connectivity index (χ0n) is 8.32. The van der Waals surface area contributed by atoms with E-state index in [1.165, 1.54) is 12.1 Å². The predicted octanol–water partition coefficient (Wildman–Crippen LogP) is 0.434. The maximum absolute atomic E-state index is 11.7. The van der Waals surface area contributed by atoms with Crippen LogP contribution in [0.4, 0.5) is 0 Å². The molecular weight excluding hydrogens is 266 g/mol. The average molecular weight is 272 g/mol. The van der Waals surface area contributed by atoms with E-state index in [0.29, 0.717) is 0 Å². The van der Waals surface area contributed by atoms with Gasteiger partial charge in [-0.25, -0.2) is 8.42 Å². The Morgan fingerprint density at radius 1 is 1.12 bits per heavy atom. The molecule has 90 valence electrons. The fourth-order valence-corrected chi connectivity index (χ4v) is 2.65. The van der Waals surface area contributed by atoms with Crippen LogP contribution in [0.2, 0.25) is 0 Å². The van der Waals surface area contributed by atoms with E-state index in [0.717, 1.165) is 4.90 Å². The molecule has 0 saturated carbocycles. The molecule has 0 saturated heterocycles. The summed E-state index contributed by atoms with van der Waals surface area (Å²) in [5, 5.41) is 0. The van der Waals surface area contributed by atoms with Crippen molar-refractivity contribution in [2.24, 2.45) is 0 Å². The second-order valence-corrected chi connectivity index (χ2v) is 6.48. The minimum absolute atomic E-state index is 0.00986.